The number of nitrogens with zero attached hydrogens (tertiary/aromatic N) is 3. The molecule has 1 fully saturated rings. The van der Waals surface area contributed by atoms with Crippen molar-refractivity contribution in [2.75, 3.05) is 42.1 Å². The second-order valence-electron chi connectivity index (χ2n) is 7.34. The van der Waals surface area contributed by atoms with Gasteiger partial charge in [-0.1, -0.05) is 35.5 Å². The summed E-state index contributed by atoms with van der Waals surface area (Å²) in [5.74, 6) is 0.247. The fourth-order valence-corrected chi connectivity index (χ4v) is 4.35. The summed E-state index contributed by atoms with van der Waals surface area (Å²) in [6.45, 7) is 2.79. The summed E-state index contributed by atoms with van der Waals surface area (Å²) in [6.07, 6.45) is 1.71. The highest BCUT2D eigenvalue weighted by Gasteiger charge is 2.22. The largest absolute Gasteiger partial charge is 0.368 e. The molecule has 1 aliphatic heterocycles. The van der Waals surface area contributed by atoms with Crippen LogP contribution >= 0.6 is 23.4 Å². The van der Waals surface area contributed by atoms with Crippen molar-refractivity contribution in [1.29, 1.82) is 0 Å². The Kier molecular flexibility index (Phi) is 7.29. The van der Waals surface area contributed by atoms with Crippen LogP contribution in [0.1, 0.15) is 10.4 Å². The van der Waals surface area contributed by atoms with Gasteiger partial charge in [-0.2, -0.15) is 0 Å². The number of piperazine rings is 1. The van der Waals surface area contributed by atoms with Crippen LogP contribution in [-0.4, -0.2) is 53.6 Å². The van der Waals surface area contributed by atoms with E-state index in [4.69, 9.17) is 11.6 Å². The zero-order valence-corrected chi connectivity index (χ0v) is 19.0. The van der Waals surface area contributed by atoms with E-state index in [0.29, 0.717) is 29.4 Å². The first-order valence-electron chi connectivity index (χ1n) is 10.3. The average molecular weight is 467 g/mol. The number of benzene rings is 2. The van der Waals surface area contributed by atoms with Gasteiger partial charge in [0.15, 0.2) is 0 Å². The number of anilines is 2. The van der Waals surface area contributed by atoms with E-state index >= 15 is 0 Å². The maximum atomic E-state index is 12.7. The van der Waals surface area contributed by atoms with Crippen molar-refractivity contribution in [2.45, 2.75) is 5.03 Å². The van der Waals surface area contributed by atoms with Crippen molar-refractivity contribution in [3.05, 3.63) is 83.5 Å². The van der Waals surface area contributed by atoms with Crippen molar-refractivity contribution < 1.29 is 9.59 Å². The van der Waals surface area contributed by atoms with Crippen molar-refractivity contribution in [2.24, 2.45) is 0 Å². The van der Waals surface area contributed by atoms with Gasteiger partial charge in [0.2, 0.25) is 5.91 Å². The number of nitrogens with one attached hydrogen (secondary N) is 1. The van der Waals surface area contributed by atoms with Gasteiger partial charge in [-0.05, 0) is 54.6 Å². The van der Waals surface area contributed by atoms with Crippen LogP contribution in [0, 0.1) is 0 Å². The number of rotatable bonds is 6. The molecule has 0 aliphatic carbocycles. The molecule has 2 amide bonds. The van der Waals surface area contributed by atoms with E-state index in [0.717, 1.165) is 29.5 Å². The molecule has 6 nitrogen and oxygen atoms in total. The molecule has 4 rings (SSSR count). The molecule has 0 radical (unpaired) electrons. The third kappa shape index (κ3) is 5.81. The van der Waals surface area contributed by atoms with E-state index in [9.17, 15) is 9.59 Å². The van der Waals surface area contributed by atoms with Crippen LogP contribution in [0.2, 0.25) is 5.02 Å². The van der Waals surface area contributed by atoms with Gasteiger partial charge in [-0.15, -0.1) is 0 Å². The quantitative estimate of drug-likeness (QED) is 0.544. The van der Waals surface area contributed by atoms with Crippen LogP contribution in [0.3, 0.4) is 0 Å². The van der Waals surface area contributed by atoms with E-state index in [1.807, 2.05) is 47.4 Å². The summed E-state index contributed by atoms with van der Waals surface area (Å²) < 4.78 is 0. The van der Waals surface area contributed by atoms with Crippen LogP contribution in [0.25, 0.3) is 0 Å². The molecule has 2 heterocycles. The van der Waals surface area contributed by atoms with Gasteiger partial charge in [-0.25, -0.2) is 4.98 Å². The lowest BCUT2D eigenvalue weighted by molar-refractivity contribution is -0.113. The van der Waals surface area contributed by atoms with Gasteiger partial charge in [-0.3, -0.25) is 9.59 Å². The Balaban J connectivity index is 1.26. The number of hydrogen-bond donors (Lipinski definition) is 1. The molecule has 3 aromatic rings. The molecule has 1 N–H and O–H groups in total. The maximum Gasteiger partial charge on any atom is 0.254 e. The molecule has 0 saturated carbocycles. The first-order chi connectivity index (χ1) is 15.6. The lowest BCUT2D eigenvalue weighted by Gasteiger charge is -2.36. The molecular formula is C24H23ClN4O2S. The third-order valence-electron chi connectivity index (χ3n) is 5.14. The molecule has 1 aromatic heterocycles. The first kappa shape index (κ1) is 22.2. The van der Waals surface area contributed by atoms with Crippen LogP contribution in [0.4, 0.5) is 11.4 Å². The minimum atomic E-state index is -0.0680. The molecule has 0 unspecified atom stereocenters. The summed E-state index contributed by atoms with van der Waals surface area (Å²) in [7, 11) is 0. The molecular weight excluding hydrogens is 444 g/mol. The SMILES string of the molecule is O=C(CSc1ccccn1)Nc1ccc(N2CCN(C(=O)c3cccc(Cl)c3)CC2)cc1. The number of carbonyl (C=O) groups excluding carboxylic acids is 2. The Bertz CT molecular complexity index is 1070. The van der Waals surface area contributed by atoms with Gasteiger partial charge in [0.05, 0.1) is 10.8 Å². The van der Waals surface area contributed by atoms with Crippen LogP contribution in [0.5, 0.6) is 0 Å². The topological polar surface area (TPSA) is 65.5 Å². The number of aromatic nitrogens is 1. The van der Waals surface area contributed by atoms with Crippen molar-refractivity contribution in [3.63, 3.8) is 0 Å². The lowest BCUT2D eigenvalue weighted by atomic mass is 10.1. The highest BCUT2D eigenvalue weighted by molar-refractivity contribution is 7.99. The molecule has 1 saturated heterocycles. The Morgan fingerprint density at radius 1 is 0.969 bits per heavy atom. The molecule has 32 heavy (non-hydrogen) atoms. The summed E-state index contributed by atoms with van der Waals surface area (Å²) in [4.78, 5) is 33.2. The first-order valence-corrected chi connectivity index (χ1v) is 11.7. The predicted octanol–water partition coefficient (Wildman–Crippen LogP) is 4.43. The van der Waals surface area contributed by atoms with E-state index in [1.54, 1.807) is 30.5 Å². The van der Waals surface area contributed by atoms with E-state index in [1.165, 1.54) is 11.8 Å². The summed E-state index contributed by atoms with van der Waals surface area (Å²) in [6, 6.07) is 20.5. The molecule has 0 atom stereocenters. The van der Waals surface area contributed by atoms with Gasteiger partial charge in [0.25, 0.3) is 5.91 Å². The predicted molar refractivity (Wildman–Crippen MR) is 130 cm³/mol. The second kappa shape index (κ2) is 10.5. The zero-order chi connectivity index (χ0) is 22.3. The number of carbonyl (C=O) groups is 2. The van der Waals surface area contributed by atoms with Crippen LogP contribution < -0.4 is 10.2 Å². The number of amides is 2. The average Bonchev–Trinajstić information content (AvgIpc) is 2.83. The van der Waals surface area contributed by atoms with Gasteiger partial charge < -0.3 is 15.1 Å². The Morgan fingerprint density at radius 3 is 2.44 bits per heavy atom. The van der Waals surface area contributed by atoms with Gasteiger partial charge >= 0.3 is 0 Å². The van der Waals surface area contributed by atoms with Crippen molar-refractivity contribution in [3.8, 4) is 0 Å². The van der Waals surface area contributed by atoms with Gasteiger partial charge in [0.1, 0.15) is 0 Å². The van der Waals surface area contributed by atoms with Crippen molar-refractivity contribution >= 4 is 46.6 Å². The lowest BCUT2D eigenvalue weighted by Crippen LogP contribution is -2.48. The zero-order valence-electron chi connectivity index (χ0n) is 17.4. The third-order valence-corrected chi connectivity index (χ3v) is 6.32. The number of halogens is 1. The number of hydrogen-bond acceptors (Lipinski definition) is 5. The highest BCUT2D eigenvalue weighted by Crippen LogP contribution is 2.21. The Hall–Kier alpha value is -3.03. The van der Waals surface area contributed by atoms with E-state index in [-0.39, 0.29) is 11.8 Å². The van der Waals surface area contributed by atoms with Crippen LogP contribution in [-0.2, 0) is 4.79 Å². The van der Waals surface area contributed by atoms with E-state index in [2.05, 4.69) is 15.2 Å². The molecule has 164 valence electrons. The molecule has 2 aromatic carbocycles. The van der Waals surface area contributed by atoms with Gasteiger partial charge in [0, 0.05) is 54.3 Å². The summed E-state index contributed by atoms with van der Waals surface area (Å²) in [5.41, 5.74) is 2.45. The molecule has 0 spiro atoms. The number of pyridine rings is 1. The second-order valence-corrected chi connectivity index (χ2v) is 8.77. The van der Waals surface area contributed by atoms with E-state index < -0.39 is 0 Å². The normalized spacial score (nSPS) is 13.7. The highest BCUT2D eigenvalue weighted by atomic mass is 35.5. The fraction of sp³-hybridized carbons (Fsp3) is 0.208. The molecule has 0 bridgehead atoms. The Morgan fingerprint density at radius 2 is 1.75 bits per heavy atom. The smallest absolute Gasteiger partial charge is 0.254 e. The minimum absolute atomic E-state index is 0.00813. The van der Waals surface area contributed by atoms with Crippen LogP contribution in [0.15, 0.2) is 78.0 Å². The summed E-state index contributed by atoms with van der Waals surface area (Å²) in [5, 5.41) is 4.31. The molecule has 1 aliphatic rings. The summed E-state index contributed by atoms with van der Waals surface area (Å²) >= 11 is 7.42. The molecule has 8 heteroatoms. The monoisotopic (exact) mass is 466 g/mol. The maximum absolute atomic E-state index is 12.7. The fourth-order valence-electron chi connectivity index (χ4n) is 3.50. The number of thioether (sulfide) groups is 1. The standard InChI is InChI=1S/C24H23ClN4O2S/c25-19-5-3-4-18(16-19)24(31)29-14-12-28(13-15-29)21-9-7-20(8-10-21)27-22(30)17-32-23-6-1-2-11-26-23/h1-11,16H,12-15,17H2,(H,27,30). The Labute approximate surface area is 196 Å². The van der Waals surface area contributed by atoms with Crippen molar-refractivity contribution in [1.82, 2.24) is 9.88 Å². The minimum Gasteiger partial charge on any atom is -0.368 e.